The molecule has 2 heterocycles. The van der Waals surface area contributed by atoms with Crippen molar-refractivity contribution < 1.29 is 0 Å². The second-order valence-electron chi connectivity index (χ2n) is 14.1. The minimum absolute atomic E-state index is 0.626. The van der Waals surface area contributed by atoms with Gasteiger partial charge < -0.3 is 4.57 Å². The summed E-state index contributed by atoms with van der Waals surface area (Å²) in [5, 5.41) is 9.65. The number of nitrogens with zero attached hydrogens (tertiary/aromatic N) is 4. The Morgan fingerprint density at radius 1 is 0.309 bits per heavy atom. The fraction of sp³-hybridized carbons (Fsp3) is 0. The molecule has 0 spiro atoms. The second-order valence-corrected chi connectivity index (χ2v) is 14.1. The van der Waals surface area contributed by atoms with Crippen molar-refractivity contribution >= 4 is 54.1 Å². The molecule has 4 heteroatoms. The molecule has 256 valence electrons. The summed E-state index contributed by atoms with van der Waals surface area (Å²) in [6.07, 6.45) is 0. The Kier molecular flexibility index (Phi) is 7.14. The molecule has 0 aliphatic heterocycles. The van der Waals surface area contributed by atoms with Gasteiger partial charge >= 0.3 is 0 Å². The Hall–Kier alpha value is -7.43. The molecule has 55 heavy (non-hydrogen) atoms. The van der Waals surface area contributed by atoms with Gasteiger partial charge in [0.05, 0.1) is 11.0 Å². The predicted molar refractivity (Wildman–Crippen MR) is 228 cm³/mol. The zero-order chi connectivity index (χ0) is 36.3. The maximum atomic E-state index is 5.23. The van der Waals surface area contributed by atoms with Crippen LogP contribution < -0.4 is 0 Å². The summed E-state index contributed by atoms with van der Waals surface area (Å²) in [5.41, 5.74) is 8.39. The Labute approximate surface area is 317 Å². The third-order valence-corrected chi connectivity index (χ3v) is 10.8. The van der Waals surface area contributed by atoms with E-state index in [1.807, 2.05) is 18.2 Å². The van der Waals surface area contributed by atoms with Crippen molar-refractivity contribution in [2.75, 3.05) is 0 Å². The average molecular weight is 701 g/mol. The van der Waals surface area contributed by atoms with Crippen molar-refractivity contribution in [3.05, 3.63) is 194 Å². The van der Waals surface area contributed by atoms with Gasteiger partial charge in [0.15, 0.2) is 17.5 Å². The third-order valence-electron chi connectivity index (χ3n) is 10.8. The Morgan fingerprint density at radius 3 is 1.65 bits per heavy atom. The highest BCUT2D eigenvalue weighted by Crippen LogP contribution is 2.41. The van der Waals surface area contributed by atoms with Gasteiger partial charge in [-0.05, 0) is 74.5 Å². The lowest BCUT2D eigenvalue weighted by molar-refractivity contribution is 1.07. The number of aromatic nitrogens is 4. The highest BCUT2D eigenvalue weighted by molar-refractivity contribution is 6.20. The number of hydrogen-bond acceptors (Lipinski definition) is 3. The average Bonchev–Trinajstić information content (AvgIpc) is 3.59. The van der Waals surface area contributed by atoms with E-state index >= 15 is 0 Å². The summed E-state index contributed by atoms with van der Waals surface area (Å²) in [7, 11) is 0. The van der Waals surface area contributed by atoms with Crippen LogP contribution in [0.25, 0.3) is 105 Å². The van der Waals surface area contributed by atoms with E-state index in [0.29, 0.717) is 17.5 Å². The first-order valence-corrected chi connectivity index (χ1v) is 18.6. The lowest BCUT2D eigenvalue weighted by atomic mass is 9.98. The monoisotopic (exact) mass is 700 g/mol. The van der Waals surface area contributed by atoms with E-state index in [2.05, 4.69) is 180 Å². The molecule has 0 fully saturated rings. The van der Waals surface area contributed by atoms with Gasteiger partial charge in [0.2, 0.25) is 0 Å². The first kappa shape index (κ1) is 31.1. The number of benzene rings is 9. The van der Waals surface area contributed by atoms with Gasteiger partial charge in [0.1, 0.15) is 0 Å². The Bertz CT molecular complexity index is 3260. The highest BCUT2D eigenvalue weighted by atomic mass is 15.0. The maximum Gasteiger partial charge on any atom is 0.164 e. The topological polar surface area (TPSA) is 43.6 Å². The first-order valence-electron chi connectivity index (χ1n) is 18.6. The van der Waals surface area contributed by atoms with Crippen LogP contribution in [-0.4, -0.2) is 19.5 Å². The van der Waals surface area contributed by atoms with Gasteiger partial charge in [-0.1, -0.05) is 158 Å². The summed E-state index contributed by atoms with van der Waals surface area (Å²) >= 11 is 0. The lowest BCUT2D eigenvalue weighted by Crippen LogP contribution is -2.02. The Balaban J connectivity index is 1.19. The van der Waals surface area contributed by atoms with E-state index in [9.17, 15) is 0 Å². The zero-order valence-corrected chi connectivity index (χ0v) is 29.8. The highest BCUT2D eigenvalue weighted by Gasteiger charge is 2.20. The molecule has 0 radical (unpaired) electrons. The summed E-state index contributed by atoms with van der Waals surface area (Å²) in [6.45, 7) is 0. The minimum Gasteiger partial charge on any atom is -0.309 e. The van der Waals surface area contributed by atoms with E-state index in [4.69, 9.17) is 15.0 Å². The lowest BCUT2D eigenvalue weighted by Gasteiger charge is -2.16. The molecule has 11 rings (SSSR count). The fourth-order valence-electron chi connectivity index (χ4n) is 8.12. The summed E-state index contributed by atoms with van der Waals surface area (Å²) in [5.74, 6) is 1.90. The van der Waals surface area contributed by atoms with Gasteiger partial charge in [0, 0.05) is 38.5 Å². The van der Waals surface area contributed by atoms with Crippen molar-refractivity contribution in [2.24, 2.45) is 0 Å². The number of fused-ring (bicyclic) bond motifs is 7. The molecule has 0 saturated heterocycles. The van der Waals surface area contributed by atoms with Crippen LogP contribution in [0, 0.1) is 0 Å². The molecule has 0 bridgehead atoms. The van der Waals surface area contributed by atoms with Crippen LogP contribution in [0.4, 0.5) is 0 Å². The first-order chi connectivity index (χ1) is 27.2. The molecule has 0 amide bonds. The van der Waals surface area contributed by atoms with Gasteiger partial charge in [-0.25, -0.2) is 15.0 Å². The predicted octanol–water partition coefficient (Wildman–Crippen LogP) is 13.1. The Morgan fingerprint density at radius 2 is 0.891 bits per heavy atom. The van der Waals surface area contributed by atoms with E-state index in [-0.39, 0.29) is 0 Å². The summed E-state index contributed by atoms with van der Waals surface area (Å²) in [6, 6.07) is 68.8. The molecule has 4 nitrogen and oxygen atoms in total. The normalized spacial score (nSPS) is 11.6. The third kappa shape index (κ3) is 5.26. The molecule has 0 unspecified atom stereocenters. The standard InChI is InChI=1S/C51H32N4/c1-3-14-34(15-4-1)45-32-41(55-47-31-39-21-10-9-20-38(39)30-46(47)43-27-25-35-16-11-12-22-42(35)48(43)55)26-28-44(45)51-53-49(36-17-5-2-6-18-36)52-50(54-51)40-24-23-33-13-7-8-19-37(33)29-40/h1-32H. The van der Waals surface area contributed by atoms with Gasteiger partial charge in [-0.3, -0.25) is 0 Å². The van der Waals surface area contributed by atoms with Crippen molar-refractivity contribution in [3.63, 3.8) is 0 Å². The van der Waals surface area contributed by atoms with Crippen LogP contribution in [0.3, 0.4) is 0 Å². The van der Waals surface area contributed by atoms with E-state index in [1.165, 1.54) is 48.7 Å². The molecule has 2 aromatic heterocycles. The fourth-order valence-corrected chi connectivity index (χ4v) is 8.12. The van der Waals surface area contributed by atoms with Crippen LogP contribution in [0.5, 0.6) is 0 Å². The van der Waals surface area contributed by atoms with E-state index in [1.54, 1.807) is 0 Å². The quantitative estimate of drug-likeness (QED) is 0.179. The molecule has 0 N–H and O–H groups in total. The van der Waals surface area contributed by atoms with Gasteiger partial charge in [-0.2, -0.15) is 0 Å². The molecule has 0 saturated carbocycles. The molecule has 0 aliphatic carbocycles. The van der Waals surface area contributed by atoms with Crippen molar-refractivity contribution in [3.8, 4) is 51.0 Å². The second kappa shape index (κ2) is 12.6. The van der Waals surface area contributed by atoms with Crippen LogP contribution in [-0.2, 0) is 0 Å². The van der Waals surface area contributed by atoms with Crippen LogP contribution in [0.15, 0.2) is 194 Å². The summed E-state index contributed by atoms with van der Waals surface area (Å²) in [4.78, 5) is 15.5. The van der Waals surface area contributed by atoms with E-state index in [0.717, 1.165) is 38.9 Å². The van der Waals surface area contributed by atoms with E-state index < -0.39 is 0 Å². The minimum atomic E-state index is 0.626. The van der Waals surface area contributed by atoms with Crippen molar-refractivity contribution in [1.29, 1.82) is 0 Å². The van der Waals surface area contributed by atoms with Gasteiger partial charge in [-0.15, -0.1) is 0 Å². The molecule has 11 aromatic rings. The van der Waals surface area contributed by atoms with Crippen LogP contribution in [0.2, 0.25) is 0 Å². The number of hydrogen-bond donors (Lipinski definition) is 0. The molecule has 0 aliphatic rings. The molecule has 9 aromatic carbocycles. The van der Waals surface area contributed by atoms with Crippen molar-refractivity contribution in [1.82, 2.24) is 19.5 Å². The van der Waals surface area contributed by atoms with Crippen LogP contribution in [0.1, 0.15) is 0 Å². The zero-order valence-electron chi connectivity index (χ0n) is 29.8. The molecular weight excluding hydrogens is 669 g/mol. The molecular formula is C51H32N4. The maximum absolute atomic E-state index is 5.23. The molecule has 0 atom stereocenters. The SMILES string of the molecule is c1ccc(-c2nc(-c3ccc4ccccc4c3)nc(-c3ccc(-n4c5cc6ccccc6cc5c5ccc6ccccc6c54)cc3-c3ccccc3)n2)cc1. The summed E-state index contributed by atoms with van der Waals surface area (Å²) < 4.78 is 2.44. The largest absolute Gasteiger partial charge is 0.309 e. The number of rotatable bonds is 5. The van der Waals surface area contributed by atoms with Crippen LogP contribution >= 0.6 is 0 Å². The smallest absolute Gasteiger partial charge is 0.164 e. The van der Waals surface area contributed by atoms with Crippen molar-refractivity contribution in [2.45, 2.75) is 0 Å². The van der Waals surface area contributed by atoms with Gasteiger partial charge in [0.25, 0.3) is 0 Å².